The second-order valence-corrected chi connectivity index (χ2v) is 3.45. The van der Waals surface area contributed by atoms with Crippen molar-refractivity contribution in [3.63, 3.8) is 0 Å². The first-order valence-electron chi connectivity index (χ1n) is 5.04. The normalized spacial score (nSPS) is 12.0. The molecule has 0 aliphatic heterocycles. The Labute approximate surface area is 91.2 Å². The van der Waals surface area contributed by atoms with Crippen LogP contribution in [0.4, 0.5) is 13.2 Å². The largest absolute Gasteiger partial charge is 0.389 e. The SMILES string of the molecule is Cc1noc(CCNCCCC(F)(F)F)n1. The molecule has 1 aromatic heterocycles. The summed E-state index contributed by atoms with van der Waals surface area (Å²) in [7, 11) is 0. The van der Waals surface area contributed by atoms with Gasteiger partial charge in [0.2, 0.25) is 5.89 Å². The number of hydrogen-bond acceptors (Lipinski definition) is 4. The number of halogens is 3. The highest BCUT2D eigenvalue weighted by molar-refractivity contribution is 4.83. The zero-order chi connectivity index (χ0) is 12.0. The second-order valence-electron chi connectivity index (χ2n) is 3.45. The van der Waals surface area contributed by atoms with Crippen LogP contribution in [0.25, 0.3) is 0 Å². The summed E-state index contributed by atoms with van der Waals surface area (Å²) in [6, 6.07) is 0. The van der Waals surface area contributed by atoms with Crippen LogP contribution in [0.5, 0.6) is 0 Å². The maximum Gasteiger partial charge on any atom is 0.389 e. The zero-order valence-electron chi connectivity index (χ0n) is 8.97. The number of nitrogens with zero attached hydrogens (tertiary/aromatic N) is 2. The van der Waals surface area contributed by atoms with Gasteiger partial charge in [0.05, 0.1) is 0 Å². The topological polar surface area (TPSA) is 51.0 Å². The van der Waals surface area contributed by atoms with E-state index in [2.05, 4.69) is 15.5 Å². The predicted molar refractivity (Wildman–Crippen MR) is 50.9 cm³/mol. The molecular formula is C9H14F3N3O. The number of rotatable bonds is 6. The highest BCUT2D eigenvalue weighted by Gasteiger charge is 2.25. The van der Waals surface area contributed by atoms with Crippen molar-refractivity contribution in [2.75, 3.05) is 13.1 Å². The van der Waals surface area contributed by atoms with Gasteiger partial charge in [-0.25, -0.2) is 0 Å². The average Bonchev–Trinajstić information content (AvgIpc) is 2.56. The summed E-state index contributed by atoms with van der Waals surface area (Å²) >= 11 is 0. The van der Waals surface area contributed by atoms with E-state index in [0.717, 1.165) is 0 Å². The molecule has 1 rings (SSSR count). The third kappa shape index (κ3) is 5.69. The lowest BCUT2D eigenvalue weighted by Gasteiger charge is -2.06. The van der Waals surface area contributed by atoms with Crippen LogP contribution in [0.1, 0.15) is 24.6 Å². The van der Waals surface area contributed by atoms with E-state index in [4.69, 9.17) is 4.52 Å². The zero-order valence-corrected chi connectivity index (χ0v) is 8.97. The Morgan fingerprint density at radius 2 is 2.06 bits per heavy atom. The van der Waals surface area contributed by atoms with E-state index in [1.54, 1.807) is 6.92 Å². The van der Waals surface area contributed by atoms with E-state index in [1.807, 2.05) is 0 Å². The molecule has 0 radical (unpaired) electrons. The van der Waals surface area contributed by atoms with Crippen molar-refractivity contribution >= 4 is 0 Å². The van der Waals surface area contributed by atoms with Crippen LogP contribution in [-0.2, 0) is 6.42 Å². The lowest BCUT2D eigenvalue weighted by Crippen LogP contribution is -2.20. The number of aryl methyl sites for hydroxylation is 1. The minimum absolute atomic E-state index is 0.0896. The van der Waals surface area contributed by atoms with Gasteiger partial charge in [-0.2, -0.15) is 18.2 Å². The molecule has 92 valence electrons. The highest BCUT2D eigenvalue weighted by atomic mass is 19.4. The van der Waals surface area contributed by atoms with Gasteiger partial charge in [-0.05, 0) is 19.9 Å². The molecule has 0 spiro atoms. The highest BCUT2D eigenvalue weighted by Crippen LogP contribution is 2.20. The summed E-state index contributed by atoms with van der Waals surface area (Å²) in [5.41, 5.74) is 0. The molecule has 0 aliphatic rings. The van der Waals surface area contributed by atoms with Crippen molar-refractivity contribution in [2.45, 2.75) is 32.4 Å². The smallest absolute Gasteiger partial charge is 0.339 e. The van der Waals surface area contributed by atoms with Crippen LogP contribution in [0, 0.1) is 6.92 Å². The van der Waals surface area contributed by atoms with Crippen LogP contribution in [0.3, 0.4) is 0 Å². The lowest BCUT2D eigenvalue weighted by molar-refractivity contribution is -0.135. The van der Waals surface area contributed by atoms with Gasteiger partial charge in [0.15, 0.2) is 5.82 Å². The van der Waals surface area contributed by atoms with Crippen molar-refractivity contribution in [2.24, 2.45) is 0 Å². The van der Waals surface area contributed by atoms with Crippen LogP contribution >= 0.6 is 0 Å². The maximum atomic E-state index is 11.8. The molecule has 16 heavy (non-hydrogen) atoms. The van der Waals surface area contributed by atoms with Crippen LogP contribution < -0.4 is 5.32 Å². The molecule has 0 atom stereocenters. The summed E-state index contributed by atoms with van der Waals surface area (Å²) in [6.07, 6.45) is -4.19. The van der Waals surface area contributed by atoms with Gasteiger partial charge in [-0.15, -0.1) is 0 Å². The number of alkyl halides is 3. The minimum atomic E-state index is -4.06. The number of hydrogen-bond donors (Lipinski definition) is 1. The van der Waals surface area contributed by atoms with Gasteiger partial charge in [0.25, 0.3) is 0 Å². The van der Waals surface area contributed by atoms with E-state index in [0.29, 0.717) is 31.2 Å². The molecule has 1 heterocycles. The molecule has 0 saturated carbocycles. The number of nitrogens with one attached hydrogen (secondary N) is 1. The molecule has 0 fully saturated rings. The fourth-order valence-corrected chi connectivity index (χ4v) is 1.18. The summed E-state index contributed by atoms with van der Waals surface area (Å²) in [5.74, 6) is 1.06. The standard InChI is InChI=1S/C9H14F3N3O/c1-7-14-8(16-15-7)3-6-13-5-2-4-9(10,11)12/h13H,2-6H2,1H3. The molecule has 0 amide bonds. The van der Waals surface area contributed by atoms with Gasteiger partial charge < -0.3 is 9.84 Å². The van der Waals surface area contributed by atoms with Crippen LogP contribution in [-0.4, -0.2) is 29.4 Å². The molecule has 1 N–H and O–H groups in total. The Balaban J connectivity index is 2.00. The van der Waals surface area contributed by atoms with E-state index < -0.39 is 12.6 Å². The first-order chi connectivity index (χ1) is 7.47. The van der Waals surface area contributed by atoms with Crippen LogP contribution in [0.15, 0.2) is 4.52 Å². The molecule has 0 unspecified atom stereocenters. The Morgan fingerprint density at radius 3 is 2.62 bits per heavy atom. The number of aromatic nitrogens is 2. The summed E-state index contributed by atoms with van der Waals surface area (Å²) in [4.78, 5) is 3.97. The molecule has 1 aromatic rings. The van der Waals surface area contributed by atoms with Gasteiger partial charge >= 0.3 is 6.18 Å². The molecule has 0 saturated heterocycles. The van der Waals surface area contributed by atoms with E-state index in [9.17, 15) is 13.2 Å². The van der Waals surface area contributed by atoms with E-state index in [1.165, 1.54) is 0 Å². The van der Waals surface area contributed by atoms with Gasteiger partial charge in [0, 0.05) is 19.4 Å². The minimum Gasteiger partial charge on any atom is -0.339 e. The van der Waals surface area contributed by atoms with Crippen molar-refractivity contribution < 1.29 is 17.7 Å². The second kappa shape index (κ2) is 5.83. The molecular weight excluding hydrogens is 223 g/mol. The van der Waals surface area contributed by atoms with Crippen LogP contribution in [0.2, 0.25) is 0 Å². The van der Waals surface area contributed by atoms with Crippen molar-refractivity contribution in [3.8, 4) is 0 Å². The Morgan fingerprint density at radius 1 is 1.31 bits per heavy atom. The van der Waals surface area contributed by atoms with E-state index >= 15 is 0 Å². The first kappa shape index (κ1) is 13.0. The van der Waals surface area contributed by atoms with Gasteiger partial charge in [0.1, 0.15) is 0 Å². The molecule has 0 aromatic carbocycles. The van der Waals surface area contributed by atoms with Crippen molar-refractivity contribution in [1.29, 1.82) is 0 Å². The maximum absolute atomic E-state index is 11.8. The Bertz CT molecular complexity index is 311. The lowest BCUT2D eigenvalue weighted by atomic mass is 10.3. The molecule has 0 aliphatic carbocycles. The summed E-state index contributed by atoms with van der Waals surface area (Å²) in [5, 5.41) is 6.49. The van der Waals surface area contributed by atoms with Gasteiger partial charge in [-0.3, -0.25) is 0 Å². The molecule has 7 heteroatoms. The van der Waals surface area contributed by atoms with Crippen molar-refractivity contribution in [1.82, 2.24) is 15.5 Å². The average molecular weight is 237 g/mol. The molecule has 0 bridgehead atoms. The monoisotopic (exact) mass is 237 g/mol. The van der Waals surface area contributed by atoms with E-state index in [-0.39, 0.29) is 6.42 Å². The molecule has 4 nitrogen and oxygen atoms in total. The third-order valence-electron chi connectivity index (χ3n) is 1.90. The van der Waals surface area contributed by atoms with Crippen molar-refractivity contribution in [3.05, 3.63) is 11.7 Å². The fraction of sp³-hybridized carbons (Fsp3) is 0.778. The van der Waals surface area contributed by atoms with Gasteiger partial charge in [-0.1, -0.05) is 5.16 Å². The first-order valence-corrected chi connectivity index (χ1v) is 5.04. The fourth-order valence-electron chi connectivity index (χ4n) is 1.18. The summed E-state index contributed by atoms with van der Waals surface area (Å²) < 4.78 is 40.2. The third-order valence-corrected chi connectivity index (χ3v) is 1.90. The Hall–Kier alpha value is -1.11. The predicted octanol–water partition coefficient (Wildman–Crippen LogP) is 1.85. The summed E-state index contributed by atoms with van der Waals surface area (Å²) in [6.45, 7) is 2.59. The Kier molecular flexibility index (Phi) is 4.72. The quantitative estimate of drug-likeness (QED) is 0.767.